The lowest BCUT2D eigenvalue weighted by Crippen LogP contribution is -2.14. The summed E-state index contributed by atoms with van der Waals surface area (Å²) in [5.41, 5.74) is 3.34. The third-order valence-corrected chi connectivity index (χ3v) is 5.39. The number of amides is 2. The number of hydrogen-bond acceptors (Lipinski definition) is 3. The van der Waals surface area contributed by atoms with E-state index in [2.05, 4.69) is 10.6 Å². The van der Waals surface area contributed by atoms with Crippen LogP contribution in [0.5, 0.6) is 0 Å². The molecule has 4 rings (SSSR count). The quantitative estimate of drug-likeness (QED) is 0.275. The molecule has 1 heterocycles. The molecule has 170 valence electrons. The molecule has 5 nitrogen and oxygen atoms in total. The van der Waals surface area contributed by atoms with Crippen LogP contribution in [0.2, 0.25) is 10.0 Å². The molecule has 0 unspecified atom stereocenters. The van der Waals surface area contributed by atoms with Gasteiger partial charge >= 0.3 is 0 Å². The second-order valence-electron chi connectivity index (χ2n) is 7.53. The molecule has 0 saturated carbocycles. The number of halogens is 2. The molecule has 0 saturated heterocycles. The zero-order valence-electron chi connectivity index (χ0n) is 18.1. The highest BCUT2D eigenvalue weighted by Gasteiger charge is 2.10. The largest absolute Gasteiger partial charge is 0.457 e. The molecule has 0 atom stereocenters. The predicted octanol–water partition coefficient (Wildman–Crippen LogP) is 7.47. The maximum absolute atomic E-state index is 12.5. The van der Waals surface area contributed by atoms with E-state index in [1.54, 1.807) is 66.7 Å². The van der Waals surface area contributed by atoms with E-state index in [0.29, 0.717) is 38.5 Å². The number of hydrogen-bond donors (Lipinski definition) is 2. The van der Waals surface area contributed by atoms with E-state index in [1.807, 2.05) is 25.1 Å². The van der Waals surface area contributed by atoms with Crippen LogP contribution in [-0.4, -0.2) is 11.8 Å². The molecule has 0 radical (unpaired) electrons. The van der Waals surface area contributed by atoms with Gasteiger partial charge in [-0.3, -0.25) is 9.59 Å². The van der Waals surface area contributed by atoms with Gasteiger partial charge in [0.2, 0.25) is 5.91 Å². The molecule has 0 aliphatic carbocycles. The van der Waals surface area contributed by atoms with Gasteiger partial charge in [-0.05, 0) is 73.2 Å². The Bertz CT molecular complexity index is 1370. The molecule has 34 heavy (non-hydrogen) atoms. The van der Waals surface area contributed by atoms with Gasteiger partial charge in [-0.25, -0.2) is 0 Å². The number of carbonyl (C=O) groups is 2. The SMILES string of the molecule is Cc1ccccc1C(=O)Nc1cccc(NC(=O)/C=C/c2ccc(-c3cc(Cl)cc(Cl)c3)o2)c1. The van der Waals surface area contributed by atoms with E-state index in [9.17, 15) is 9.59 Å². The van der Waals surface area contributed by atoms with Crippen molar-refractivity contribution in [2.75, 3.05) is 10.6 Å². The minimum atomic E-state index is -0.342. The number of nitrogens with one attached hydrogen (secondary N) is 2. The van der Waals surface area contributed by atoms with Crippen molar-refractivity contribution in [1.29, 1.82) is 0 Å². The fourth-order valence-electron chi connectivity index (χ4n) is 3.34. The van der Waals surface area contributed by atoms with Crippen LogP contribution in [0.3, 0.4) is 0 Å². The first-order valence-electron chi connectivity index (χ1n) is 10.4. The maximum atomic E-state index is 12.5. The fourth-order valence-corrected chi connectivity index (χ4v) is 3.86. The van der Waals surface area contributed by atoms with Crippen LogP contribution in [0.25, 0.3) is 17.4 Å². The van der Waals surface area contributed by atoms with Gasteiger partial charge in [0.1, 0.15) is 11.5 Å². The summed E-state index contributed by atoms with van der Waals surface area (Å²) in [4.78, 5) is 24.9. The molecule has 2 N–H and O–H groups in total. The fraction of sp³-hybridized carbons (Fsp3) is 0.0370. The third-order valence-electron chi connectivity index (χ3n) is 4.95. The Morgan fingerprint density at radius 3 is 2.26 bits per heavy atom. The highest BCUT2D eigenvalue weighted by Crippen LogP contribution is 2.29. The highest BCUT2D eigenvalue weighted by atomic mass is 35.5. The zero-order valence-corrected chi connectivity index (χ0v) is 19.7. The first kappa shape index (κ1) is 23.4. The Balaban J connectivity index is 1.39. The Labute approximate surface area is 207 Å². The van der Waals surface area contributed by atoms with Gasteiger partial charge in [-0.15, -0.1) is 0 Å². The lowest BCUT2D eigenvalue weighted by atomic mass is 10.1. The van der Waals surface area contributed by atoms with Crippen LogP contribution in [0.1, 0.15) is 21.7 Å². The topological polar surface area (TPSA) is 71.3 Å². The first-order chi connectivity index (χ1) is 16.4. The van der Waals surface area contributed by atoms with E-state index in [-0.39, 0.29) is 11.8 Å². The molecule has 7 heteroatoms. The number of aryl methyl sites for hydroxylation is 1. The number of rotatable bonds is 6. The van der Waals surface area contributed by atoms with Crippen molar-refractivity contribution in [2.24, 2.45) is 0 Å². The number of benzene rings is 3. The predicted molar refractivity (Wildman–Crippen MR) is 137 cm³/mol. The van der Waals surface area contributed by atoms with Crippen LogP contribution >= 0.6 is 23.2 Å². The smallest absolute Gasteiger partial charge is 0.255 e. The molecule has 4 aromatic rings. The molecule has 0 spiro atoms. The summed E-state index contributed by atoms with van der Waals surface area (Å²) in [6, 6.07) is 22.9. The Morgan fingerprint density at radius 2 is 1.53 bits per heavy atom. The summed E-state index contributed by atoms with van der Waals surface area (Å²) in [6.45, 7) is 1.88. The number of carbonyl (C=O) groups excluding carboxylic acids is 2. The summed E-state index contributed by atoms with van der Waals surface area (Å²) in [6.07, 6.45) is 2.93. The summed E-state index contributed by atoms with van der Waals surface area (Å²) in [5, 5.41) is 6.65. The average molecular weight is 491 g/mol. The van der Waals surface area contributed by atoms with Gasteiger partial charge in [0.15, 0.2) is 0 Å². The van der Waals surface area contributed by atoms with Crippen LogP contribution in [0.4, 0.5) is 11.4 Å². The zero-order chi connectivity index (χ0) is 24.1. The van der Waals surface area contributed by atoms with Crippen molar-refractivity contribution in [3.05, 3.63) is 112 Å². The third kappa shape index (κ3) is 5.95. The summed E-state index contributed by atoms with van der Waals surface area (Å²) in [7, 11) is 0. The highest BCUT2D eigenvalue weighted by molar-refractivity contribution is 6.35. The molecule has 1 aromatic heterocycles. The van der Waals surface area contributed by atoms with Gasteiger partial charge in [0.05, 0.1) is 0 Å². The Hall–Kier alpha value is -3.80. The van der Waals surface area contributed by atoms with E-state index in [1.165, 1.54) is 6.08 Å². The molecule has 3 aromatic carbocycles. The maximum Gasteiger partial charge on any atom is 0.255 e. The minimum Gasteiger partial charge on any atom is -0.457 e. The first-order valence-corrected chi connectivity index (χ1v) is 11.2. The van der Waals surface area contributed by atoms with Crippen LogP contribution in [-0.2, 0) is 4.79 Å². The van der Waals surface area contributed by atoms with Crippen LogP contribution < -0.4 is 10.6 Å². The van der Waals surface area contributed by atoms with Crippen molar-refractivity contribution in [3.63, 3.8) is 0 Å². The molecule has 0 fully saturated rings. The Kier molecular flexibility index (Phi) is 7.16. The van der Waals surface area contributed by atoms with Crippen molar-refractivity contribution in [2.45, 2.75) is 6.92 Å². The lowest BCUT2D eigenvalue weighted by Gasteiger charge is -2.09. The molecule has 2 amide bonds. The molecular weight excluding hydrogens is 471 g/mol. The van der Waals surface area contributed by atoms with Gasteiger partial charge in [0.25, 0.3) is 5.91 Å². The summed E-state index contributed by atoms with van der Waals surface area (Å²) >= 11 is 12.1. The standard InChI is InChI=1S/C27H20Cl2N2O3/c1-17-5-2-3-8-24(17)27(33)31-22-7-4-6-21(16-22)30-26(32)12-10-23-9-11-25(34-23)18-13-19(28)15-20(29)14-18/h2-16H,1H3,(H,30,32)(H,31,33)/b12-10+. The van der Waals surface area contributed by atoms with E-state index >= 15 is 0 Å². The number of furan rings is 1. The second-order valence-corrected chi connectivity index (χ2v) is 8.41. The van der Waals surface area contributed by atoms with E-state index < -0.39 is 0 Å². The minimum absolute atomic E-state index is 0.212. The normalized spacial score (nSPS) is 10.9. The van der Waals surface area contributed by atoms with E-state index in [4.69, 9.17) is 27.6 Å². The van der Waals surface area contributed by atoms with Crippen molar-refractivity contribution in [1.82, 2.24) is 0 Å². The second kappa shape index (κ2) is 10.4. The summed E-state index contributed by atoms with van der Waals surface area (Å²) < 4.78 is 5.76. The van der Waals surface area contributed by atoms with Crippen molar-refractivity contribution < 1.29 is 14.0 Å². The van der Waals surface area contributed by atoms with Gasteiger partial charge in [0, 0.05) is 38.6 Å². The van der Waals surface area contributed by atoms with Crippen molar-refractivity contribution in [3.8, 4) is 11.3 Å². The Morgan fingerprint density at radius 1 is 0.824 bits per heavy atom. The molecule has 0 aliphatic rings. The average Bonchev–Trinajstić information content (AvgIpc) is 3.27. The number of anilines is 2. The molecule has 0 bridgehead atoms. The van der Waals surface area contributed by atoms with Gasteiger partial charge in [-0.1, -0.05) is 47.5 Å². The van der Waals surface area contributed by atoms with Crippen LogP contribution in [0, 0.1) is 6.92 Å². The van der Waals surface area contributed by atoms with Gasteiger partial charge in [-0.2, -0.15) is 0 Å². The lowest BCUT2D eigenvalue weighted by molar-refractivity contribution is -0.111. The van der Waals surface area contributed by atoms with E-state index in [0.717, 1.165) is 11.1 Å². The summed E-state index contributed by atoms with van der Waals surface area (Å²) in [5.74, 6) is 0.532. The molecule has 0 aliphatic heterocycles. The van der Waals surface area contributed by atoms with Crippen LogP contribution in [0.15, 0.2) is 89.4 Å². The monoisotopic (exact) mass is 490 g/mol. The molecular formula is C27H20Cl2N2O3. The van der Waals surface area contributed by atoms with Crippen molar-refractivity contribution >= 4 is 52.5 Å². The van der Waals surface area contributed by atoms with Gasteiger partial charge < -0.3 is 15.1 Å².